The van der Waals surface area contributed by atoms with Crippen LogP contribution in [0.3, 0.4) is 0 Å². The lowest BCUT2D eigenvalue weighted by atomic mass is 9.93. The van der Waals surface area contributed by atoms with Gasteiger partial charge in [-0.25, -0.2) is 4.79 Å². The third-order valence-corrected chi connectivity index (χ3v) is 4.80. The van der Waals surface area contributed by atoms with Gasteiger partial charge in [-0.3, -0.25) is 0 Å². The molecule has 3 aromatic rings. The van der Waals surface area contributed by atoms with Gasteiger partial charge in [0.1, 0.15) is 5.58 Å². The molecule has 2 aromatic carbocycles. The van der Waals surface area contributed by atoms with Crippen LogP contribution in [0.4, 0.5) is 0 Å². The number of aryl methyl sites for hydroxylation is 4. The Morgan fingerprint density at radius 3 is 2.30 bits per heavy atom. The average molecular weight is 371 g/mol. The lowest BCUT2D eigenvalue weighted by molar-refractivity contribution is 0.562. The summed E-state index contributed by atoms with van der Waals surface area (Å²) in [7, 11) is 0. The predicted octanol–water partition coefficient (Wildman–Crippen LogP) is 5.59. The molecule has 2 nitrogen and oxygen atoms in total. The van der Waals surface area contributed by atoms with Crippen LogP contribution in [0.1, 0.15) is 27.8 Å². The van der Waals surface area contributed by atoms with E-state index in [0.29, 0.717) is 16.5 Å². The molecule has 0 saturated heterocycles. The van der Waals surface area contributed by atoms with E-state index in [1.807, 2.05) is 32.0 Å². The number of hydrogen-bond donors (Lipinski definition) is 0. The van der Waals surface area contributed by atoms with Crippen molar-refractivity contribution in [3.8, 4) is 11.1 Å². The minimum Gasteiger partial charge on any atom is -0.422 e. The molecule has 3 heteroatoms. The van der Waals surface area contributed by atoms with Crippen LogP contribution in [0.25, 0.3) is 22.1 Å². The Hall–Kier alpha value is -1.87. The van der Waals surface area contributed by atoms with Crippen molar-refractivity contribution in [2.24, 2.45) is 0 Å². The van der Waals surface area contributed by atoms with E-state index in [1.165, 1.54) is 5.56 Å². The van der Waals surface area contributed by atoms with E-state index in [1.54, 1.807) is 0 Å². The first-order chi connectivity index (χ1) is 10.9. The number of benzene rings is 2. The smallest absolute Gasteiger partial charge is 0.344 e. The second-order valence-electron chi connectivity index (χ2n) is 6.15. The van der Waals surface area contributed by atoms with E-state index in [2.05, 4.69) is 41.9 Å². The lowest BCUT2D eigenvalue weighted by Crippen LogP contribution is -2.09. The van der Waals surface area contributed by atoms with Crippen molar-refractivity contribution in [3.63, 3.8) is 0 Å². The van der Waals surface area contributed by atoms with E-state index in [0.717, 1.165) is 33.2 Å². The summed E-state index contributed by atoms with van der Waals surface area (Å²) in [6.45, 7) is 8.16. The SMILES string of the molecule is Cc1ccc(-c2c(CBr)c3c(C)cc(C)cc3oc2=O)c(C)c1. The van der Waals surface area contributed by atoms with Gasteiger partial charge in [0.2, 0.25) is 0 Å². The standard InChI is InChI=1S/C20H19BrO2/c1-11-5-6-15(13(3)7-11)19-16(10-21)18-14(4)8-12(2)9-17(18)23-20(19)22/h5-9H,10H2,1-4H3. The third kappa shape index (κ3) is 2.74. The summed E-state index contributed by atoms with van der Waals surface area (Å²) in [5, 5.41) is 1.64. The van der Waals surface area contributed by atoms with Gasteiger partial charge in [0, 0.05) is 10.7 Å². The molecule has 118 valence electrons. The van der Waals surface area contributed by atoms with Crippen LogP contribution in [0.5, 0.6) is 0 Å². The van der Waals surface area contributed by atoms with Gasteiger partial charge >= 0.3 is 5.63 Å². The van der Waals surface area contributed by atoms with Gasteiger partial charge in [-0.05, 0) is 61.6 Å². The van der Waals surface area contributed by atoms with E-state index in [9.17, 15) is 4.79 Å². The van der Waals surface area contributed by atoms with Crippen molar-refractivity contribution >= 4 is 26.9 Å². The molecule has 23 heavy (non-hydrogen) atoms. The maximum Gasteiger partial charge on any atom is 0.344 e. The number of alkyl halides is 1. The van der Waals surface area contributed by atoms with E-state index < -0.39 is 0 Å². The molecular weight excluding hydrogens is 352 g/mol. The van der Waals surface area contributed by atoms with Crippen LogP contribution in [0, 0.1) is 27.7 Å². The molecule has 0 aliphatic carbocycles. The van der Waals surface area contributed by atoms with Gasteiger partial charge in [-0.2, -0.15) is 0 Å². The molecule has 1 heterocycles. The highest BCUT2D eigenvalue weighted by Crippen LogP contribution is 2.33. The molecule has 0 aliphatic heterocycles. The third-order valence-electron chi connectivity index (χ3n) is 4.24. The normalized spacial score (nSPS) is 11.2. The fourth-order valence-corrected chi connectivity index (χ4v) is 3.86. The Balaban J connectivity index is 2.46. The monoisotopic (exact) mass is 370 g/mol. The zero-order chi connectivity index (χ0) is 16.7. The molecule has 0 aliphatic rings. The molecule has 0 bridgehead atoms. The largest absolute Gasteiger partial charge is 0.422 e. The van der Waals surface area contributed by atoms with Gasteiger partial charge < -0.3 is 4.42 Å². The topological polar surface area (TPSA) is 30.2 Å². The molecule has 0 saturated carbocycles. The number of hydrogen-bond acceptors (Lipinski definition) is 2. The molecular formula is C20H19BrO2. The summed E-state index contributed by atoms with van der Waals surface area (Å²) in [5.41, 5.74) is 7.49. The summed E-state index contributed by atoms with van der Waals surface area (Å²) in [6.07, 6.45) is 0. The number of fused-ring (bicyclic) bond motifs is 1. The van der Waals surface area contributed by atoms with Crippen LogP contribution in [0.15, 0.2) is 39.5 Å². The van der Waals surface area contributed by atoms with Crippen molar-refractivity contribution in [1.82, 2.24) is 0 Å². The predicted molar refractivity (Wildman–Crippen MR) is 99.5 cm³/mol. The van der Waals surface area contributed by atoms with Crippen molar-refractivity contribution in [2.45, 2.75) is 33.0 Å². The van der Waals surface area contributed by atoms with Gasteiger partial charge in [0.05, 0.1) is 5.56 Å². The van der Waals surface area contributed by atoms with Gasteiger partial charge in [-0.1, -0.05) is 45.8 Å². The fourth-order valence-electron chi connectivity index (χ4n) is 3.30. The summed E-state index contributed by atoms with van der Waals surface area (Å²) in [5.74, 6) is 0. The highest BCUT2D eigenvalue weighted by Gasteiger charge is 2.18. The zero-order valence-electron chi connectivity index (χ0n) is 13.8. The van der Waals surface area contributed by atoms with Gasteiger partial charge in [0.15, 0.2) is 0 Å². The molecule has 0 fully saturated rings. The first-order valence-electron chi connectivity index (χ1n) is 7.63. The Morgan fingerprint density at radius 2 is 1.65 bits per heavy atom. The lowest BCUT2D eigenvalue weighted by Gasteiger charge is -2.14. The summed E-state index contributed by atoms with van der Waals surface area (Å²) >= 11 is 3.57. The molecule has 0 atom stereocenters. The zero-order valence-corrected chi connectivity index (χ0v) is 15.4. The number of rotatable bonds is 2. The van der Waals surface area contributed by atoms with Crippen LogP contribution >= 0.6 is 15.9 Å². The van der Waals surface area contributed by atoms with Crippen LogP contribution in [0.2, 0.25) is 0 Å². The first kappa shape index (κ1) is 16.0. The van der Waals surface area contributed by atoms with E-state index >= 15 is 0 Å². The summed E-state index contributed by atoms with van der Waals surface area (Å²) < 4.78 is 5.66. The molecule has 0 amide bonds. The number of halogens is 1. The minimum absolute atomic E-state index is 0.274. The second-order valence-corrected chi connectivity index (χ2v) is 6.71. The molecule has 0 N–H and O–H groups in total. The van der Waals surface area contributed by atoms with Crippen molar-refractivity contribution in [1.29, 1.82) is 0 Å². The Kier molecular flexibility index (Phi) is 4.15. The minimum atomic E-state index is -0.274. The molecule has 0 radical (unpaired) electrons. The summed E-state index contributed by atoms with van der Waals surface area (Å²) in [6, 6.07) is 10.2. The highest BCUT2D eigenvalue weighted by molar-refractivity contribution is 9.08. The molecule has 1 aromatic heterocycles. The van der Waals surface area contributed by atoms with Gasteiger partial charge in [0.25, 0.3) is 0 Å². The fraction of sp³-hybridized carbons (Fsp3) is 0.250. The maximum absolute atomic E-state index is 12.7. The molecule has 3 rings (SSSR count). The molecule has 0 spiro atoms. The van der Waals surface area contributed by atoms with Crippen molar-refractivity contribution < 1.29 is 4.42 Å². The van der Waals surface area contributed by atoms with E-state index in [4.69, 9.17) is 4.42 Å². The Morgan fingerprint density at radius 1 is 0.957 bits per heavy atom. The average Bonchev–Trinajstić information content (AvgIpc) is 2.46. The van der Waals surface area contributed by atoms with Crippen LogP contribution in [-0.2, 0) is 5.33 Å². The second kappa shape index (κ2) is 5.97. The van der Waals surface area contributed by atoms with Gasteiger partial charge in [-0.15, -0.1) is 0 Å². The summed E-state index contributed by atoms with van der Waals surface area (Å²) in [4.78, 5) is 12.7. The molecule has 0 unspecified atom stereocenters. The van der Waals surface area contributed by atoms with Crippen molar-refractivity contribution in [3.05, 3.63) is 68.6 Å². The van der Waals surface area contributed by atoms with E-state index in [-0.39, 0.29) is 5.63 Å². The Bertz CT molecular complexity index is 968. The van der Waals surface area contributed by atoms with Crippen LogP contribution in [-0.4, -0.2) is 0 Å². The maximum atomic E-state index is 12.7. The first-order valence-corrected chi connectivity index (χ1v) is 8.75. The Labute approximate surface area is 144 Å². The quantitative estimate of drug-likeness (QED) is 0.434. The highest BCUT2D eigenvalue weighted by atomic mass is 79.9. The van der Waals surface area contributed by atoms with Crippen LogP contribution < -0.4 is 5.63 Å². The van der Waals surface area contributed by atoms with Crippen molar-refractivity contribution in [2.75, 3.05) is 0 Å².